The van der Waals surface area contributed by atoms with Crippen LogP contribution in [0.15, 0.2) is 30.3 Å². The second kappa shape index (κ2) is 11.4. The fourth-order valence-electron chi connectivity index (χ4n) is 3.83. The first-order valence-corrected chi connectivity index (χ1v) is 12.1. The van der Waals surface area contributed by atoms with E-state index in [0.29, 0.717) is 29.0 Å². The second-order valence-corrected chi connectivity index (χ2v) is 9.56. The highest BCUT2D eigenvalue weighted by molar-refractivity contribution is 5.97. The number of hydrogen-bond donors (Lipinski definition) is 2. The van der Waals surface area contributed by atoms with Crippen molar-refractivity contribution in [3.05, 3.63) is 58.7 Å². The molecule has 2 aromatic carbocycles. The van der Waals surface area contributed by atoms with Crippen molar-refractivity contribution >= 4 is 28.2 Å². The highest BCUT2D eigenvalue weighted by Crippen LogP contribution is 2.38. The smallest absolute Gasteiger partial charge is 0.325 e. The molecule has 4 rings (SSSR count). The van der Waals surface area contributed by atoms with Crippen LogP contribution < -0.4 is 10.5 Å². The molecule has 202 valence electrons. The maximum absolute atomic E-state index is 14.1. The van der Waals surface area contributed by atoms with E-state index in [1.54, 1.807) is 13.0 Å². The zero-order valence-corrected chi connectivity index (χ0v) is 22.2. The molecule has 5 nitrogen and oxygen atoms in total. The molecule has 0 fully saturated rings. The van der Waals surface area contributed by atoms with E-state index in [9.17, 15) is 22.0 Å². The van der Waals surface area contributed by atoms with Crippen molar-refractivity contribution < 1.29 is 22.0 Å². The minimum Gasteiger partial charge on any atom is -0.325 e. The zero-order chi connectivity index (χ0) is 28.3. The molecular formula is C27H34F5N5. The molecular weight excluding hydrogens is 489 g/mol. The molecule has 0 bridgehead atoms. The van der Waals surface area contributed by atoms with Gasteiger partial charge in [-0.3, -0.25) is 15.4 Å². The van der Waals surface area contributed by atoms with E-state index >= 15 is 0 Å². The standard InChI is InChI=1S/C20H19F2N5.C5H9F3.C2H6/c1-11-8-14(22)10-18-15(11)4-3-7-26(18)19-16-9-13(21)5-6-17(16)27(12(2)23)20(24)25-19;1-4(2,3)5(6,7)8;1-2/h5-6,8-10,23-24H,3-4,7H2,1-2H3;1-3H3;1-2H3. The number of nitrogens with one attached hydrogen (secondary N) is 2. The Balaban J connectivity index is 0.000000414. The summed E-state index contributed by atoms with van der Waals surface area (Å²) in [6, 6.07) is 7.20. The molecule has 0 spiro atoms. The molecule has 37 heavy (non-hydrogen) atoms. The average molecular weight is 524 g/mol. The molecule has 0 radical (unpaired) electrons. The Morgan fingerprint density at radius 3 is 2.14 bits per heavy atom. The predicted octanol–water partition coefficient (Wildman–Crippen LogP) is 7.65. The molecule has 3 aromatic rings. The van der Waals surface area contributed by atoms with Gasteiger partial charge in [-0.2, -0.15) is 18.2 Å². The lowest BCUT2D eigenvalue weighted by Gasteiger charge is -2.32. The Bertz CT molecular complexity index is 1320. The fraction of sp³-hybridized carbons (Fsp3) is 0.444. The van der Waals surface area contributed by atoms with E-state index in [-0.39, 0.29) is 17.3 Å². The second-order valence-electron chi connectivity index (χ2n) is 9.56. The van der Waals surface area contributed by atoms with E-state index in [1.807, 2.05) is 25.7 Å². The molecule has 2 heterocycles. The Kier molecular flexibility index (Phi) is 9.22. The number of nitrogens with zero attached hydrogens (tertiary/aromatic N) is 3. The van der Waals surface area contributed by atoms with Gasteiger partial charge in [0, 0.05) is 17.6 Å². The van der Waals surface area contributed by atoms with Crippen molar-refractivity contribution in [1.29, 1.82) is 10.8 Å². The maximum Gasteiger partial charge on any atom is 0.393 e. The summed E-state index contributed by atoms with van der Waals surface area (Å²) in [6.07, 6.45) is -2.37. The number of halogens is 5. The summed E-state index contributed by atoms with van der Waals surface area (Å²) in [5.74, 6) is -0.222. The minimum absolute atomic E-state index is 0.114. The van der Waals surface area contributed by atoms with Gasteiger partial charge < -0.3 is 4.90 Å². The van der Waals surface area contributed by atoms with Gasteiger partial charge in [0.05, 0.1) is 10.9 Å². The fourth-order valence-corrected chi connectivity index (χ4v) is 3.83. The summed E-state index contributed by atoms with van der Waals surface area (Å²) in [4.78, 5) is 6.23. The van der Waals surface area contributed by atoms with Crippen LogP contribution in [0.5, 0.6) is 0 Å². The van der Waals surface area contributed by atoms with Crippen LogP contribution in [0, 0.1) is 34.8 Å². The zero-order valence-electron chi connectivity index (χ0n) is 22.2. The third-order valence-electron chi connectivity index (χ3n) is 5.82. The quantitative estimate of drug-likeness (QED) is 0.195. The Labute approximate surface area is 214 Å². The van der Waals surface area contributed by atoms with Crippen molar-refractivity contribution in [3.63, 3.8) is 0 Å². The van der Waals surface area contributed by atoms with E-state index in [2.05, 4.69) is 4.98 Å². The van der Waals surface area contributed by atoms with Gasteiger partial charge in [0.2, 0.25) is 5.62 Å². The Morgan fingerprint density at radius 2 is 1.59 bits per heavy atom. The lowest BCUT2D eigenvalue weighted by Crippen LogP contribution is -2.33. The summed E-state index contributed by atoms with van der Waals surface area (Å²) in [5.41, 5.74) is 1.47. The summed E-state index contributed by atoms with van der Waals surface area (Å²) in [7, 11) is 0. The predicted molar refractivity (Wildman–Crippen MR) is 138 cm³/mol. The van der Waals surface area contributed by atoms with Crippen LogP contribution in [0.1, 0.15) is 59.1 Å². The van der Waals surface area contributed by atoms with Crippen LogP contribution in [0.3, 0.4) is 0 Å². The van der Waals surface area contributed by atoms with Crippen LogP contribution in [0.2, 0.25) is 0 Å². The van der Waals surface area contributed by atoms with Crippen molar-refractivity contribution in [2.24, 2.45) is 5.41 Å². The third-order valence-corrected chi connectivity index (χ3v) is 5.82. The molecule has 2 N–H and O–H groups in total. The van der Waals surface area contributed by atoms with Gasteiger partial charge in [-0.15, -0.1) is 0 Å². The lowest BCUT2D eigenvalue weighted by molar-refractivity contribution is -0.204. The van der Waals surface area contributed by atoms with Gasteiger partial charge in [-0.1, -0.05) is 34.6 Å². The van der Waals surface area contributed by atoms with E-state index in [1.165, 1.54) is 28.8 Å². The molecule has 1 aromatic heterocycles. The van der Waals surface area contributed by atoms with E-state index < -0.39 is 17.4 Å². The Hall–Kier alpha value is -3.30. The molecule has 1 aliphatic rings. The van der Waals surface area contributed by atoms with Gasteiger partial charge in [0.25, 0.3) is 0 Å². The SMILES string of the molecule is CC.CC(=N)n1c(=N)nc(N2CCCc3c(C)cc(F)cc32)c2cc(F)ccc21.CC(C)(C)C(F)(F)F. The molecule has 0 unspecified atom stereocenters. The number of fused-ring (bicyclic) bond motifs is 2. The molecule has 0 saturated carbocycles. The summed E-state index contributed by atoms with van der Waals surface area (Å²) in [5, 5.41) is 16.7. The van der Waals surface area contributed by atoms with Gasteiger partial charge >= 0.3 is 6.18 Å². The van der Waals surface area contributed by atoms with E-state index in [4.69, 9.17) is 10.8 Å². The number of hydrogen-bond acceptors (Lipinski definition) is 4. The van der Waals surface area contributed by atoms with Crippen LogP contribution in [-0.2, 0) is 6.42 Å². The summed E-state index contributed by atoms with van der Waals surface area (Å²) >= 11 is 0. The van der Waals surface area contributed by atoms with Crippen molar-refractivity contribution in [2.45, 2.75) is 67.5 Å². The van der Waals surface area contributed by atoms with Crippen LogP contribution in [-0.4, -0.2) is 28.1 Å². The number of anilines is 2. The number of rotatable bonds is 1. The Morgan fingerprint density at radius 1 is 1.00 bits per heavy atom. The largest absolute Gasteiger partial charge is 0.393 e. The molecule has 0 aliphatic carbocycles. The molecule has 1 aliphatic heterocycles. The minimum atomic E-state index is -4.06. The number of aryl methyl sites for hydroxylation is 1. The van der Waals surface area contributed by atoms with Crippen LogP contribution in [0.4, 0.5) is 33.5 Å². The van der Waals surface area contributed by atoms with E-state index in [0.717, 1.165) is 44.7 Å². The first-order valence-electron chi connectivity index (χ1n) is 12.1. The maximum atomic E-state index is 14.1. The van der Waals surface area contributed by atoms with Gasteiger partial charge in [-0.05, 0) is 68.1 Å². The summed E-state index contributed by atoms with van der Waals surface area (Å²) < 4.78 is 64.2. The van der Waals surface area contributed by atoms with Gasteiger partial charge in [-0.25, -0.2) is 8.78 Å². The normalized spacial score (nSPS) is 13.2. The topological polar surface area (TPSA) is 68.8 Å². The average Bonchev–Trinajstić information content (AvgIpc) is 2.78. The summed E-state index contributed by atoms with van der Waals surface area (Å²) in [6.45, 7) is 11.5. The number of alkyl halides is 3. The highest BCUT2D eigenvalue weighted by atomic mass is 19.4. The first-order chi connectivity index (χ1) is 17.1. The first kappa shape index (κ1) is 29.9. The highest BCUT2D eigenvalue weighted by Gasteiger charge is 2.42. The molecule has 0 atom stereocenters. The van der Waals surface area contributed by atoms with Crippen LogP contribution in [0.25, 0.3) is 10.9 Å². The molecule has 10 heteroatoms. The van der Waals surface area contributed by atoms with Gasteiger partial charge in [0.1, 0.15) is 23.3 Å². The number of aromatic nitrogens is 2. The van der Waals surface area contributed by atoms with Crippen molar-refractivity contribution in [3.8, 4) is 0 Å². The van der Waals surface area contributed by atoms with Crippen molar-refractivity contribution in [1.82, 2.24) is 9.55 Å². The third kappa shape index (κ3) is 6.53. The molecule has 0 saturated heterocycles. The lowest BCUT2D eigenvalue weighted by atomic mass is 9.96. The molecule has 0 amide bonds. The van der Waals surface area contributed by atoms with Gasteiger partial charge in [0.15, 0.2) is 0 Å². The van der Waals surface area contributed by atoms with Crippen molar-refractivity contribution in [2.75, 3.05) is 11.4 Å². The monoisotopic (exact) mass is 523 g/mol. The van der Waals surface area contributed by atoms with Crippen LogP contribution >= 0.6 is 0 Å². The number of benzene rings is 2.